The first-order chi connectivity index (χ1) is 12.6. The van der Waals surface area contributed by atoms with Gasteiger partial charge in [0.25, 0.3) is 0 Å². The number of hydrogen-bond acceptors (Lipinski definition) is 8. The Bertz CT molecular complexity index is 1060. The average Bonchev–Trinajstić information content (AvgIpc) is 3.29. The van der Waals surface area contributed by atoms with Crippen molar-refractivity contribution in [1.29, 1.82) is 0 Å². The van der Waals surface area contributed by atoms with Crippen LogP contribution in [0.5, 0.6) is 0 Å². The fraction of sp³-hybridized carbons (Fsp3) is 0.0625. The minimum atomic E-state index is -0.695. The van der Waals surface area contributed by atoms with E-state index in [4.69, 9.17) is 27.9 Å². The SMILES string of the molecule is O=C(OC(c1nccs1)c1cccc2nnsc12)c1cc(Cl)nc(Cl)c1. The molecular formula is C16H8Cl2N4O2S2. The van der Waals surface area contributed by atoms with Gasteiger partial charge in [-0.25, -0.2) is 14.8 Å². The quantitative estimate of drug-likeness (QED) is 0.347. The smallest absolute Gasteiger partial charge is 0.339 e. The molecule has 3 heterocycles. The Labute approximate surface area is 165 Å². The zero-order valence-corrected chi connectivity index (χ0v) is 15.9. The molecule has 1 atom stereocenters. The first-order valence-electron chi connectivity index (χ1n) is 7.26. The zero-order valence-electron chi connectivity index (χ0n) is 12.8. The number of carbonyl (C=O) groups is 1. The van der Waals surface area contributed by atoms with Crippen molar-refractivity contribution >= 4 is 62.3 Å². The lowest BCUT2D eigenvalue weighted by Gasteiger charge is -2.16. The molecule has 26 heavy (non-hydrogen) atoms. The topological polar surface area (TPSA) is 77.9 Å². The van der Waals surface area contributed by atoms with Crippen LogP contribution >= 0.6 is 46.1 Å². The molecular weight excluding hydrogens is 415 g/mol. The third-order valence-corrected chi connectivity index (χ3v) is 5.48. The van der Waals surface area contributed by atoms with Gasteiger partial charge in [0.15, 0.2) is 6.10 Å². The van der Waals surface area contributed by atoms with E-state index in [0.29, 0.717) is 5.01 Å². The molecule has 0 N–H and O–H groups in total. The van der Waals surface area contributed by atoms with Gasteiger partial charge in [0.1, 0.15) is 20.8 Å². The molecule has 0 fully saturated rings. The Morgan fingerprint density at radius 1 is 1.19 bits per heavy atom. The van der Waals surface area contributed by atoms with Gasteiger partial charge in [-0.1, -0.05) is 39.8 Å². The number of benzene rings is 1. The van der Waals surface area contributed by atoms with Crippen LogP contribution in [0.4, 0.5) is 0 Å². The second-order valence-electron chi connectivity index (χ2n) is 5.13. The number of pyridine rings is 1. The standard InChI is InChI=1S/C16H8Cl2N4O2S2/c17-11-6-8(7-12(18)20-11)16(23)24-13(15-19-4-5-25-15)9-2-1-3-10-14(9)26-22-21-10/h1-7,13H. The van der Waals surface area contributed by atoms with E-state index < -0.39 is 12.1 Å². The zero-order chi connectivity index (χ0) is 18.1. The monoisotopic (exact) mass is 422 g/mol. The van der Waals surface area contributed by atoms with Crippen LogP contribution in [-0.2, 0) is 4.74 Å². The molecule has 3 aromatic heterocycles. The van der Waals surface area contributed by atoms with Gasteiger partial charge in [0.05, 0.1) is 10.3 Å². The second kappa shape index (κ2) is 7.24. The molecule has 4 aromatic rings. The van der Waals surface area contributed by atoms with Gasteiger partial charge in [-0.2, -0.15) is 0 Å². The fourth-order valence-electron chi connectivity index (χ4n) is 2.40. The molecule has 1 aromatic carbocycles. The molecule has 0 saturated carbocycles. The van der Waals surface area contributed by atoms with E-state index in [0.717, 1.165) is 15.8 Å². The van der Waals surface area contributed by atoms with Crippen molar-refractivity contribution in [3.05, 3.63) is 68.3 Å². The van der Waals surface area contributed by atoms with E-state index in [-0.39, 0.29) is 15.9 Å². The Kier molecular flexibility index (Phi) is 4.82. The van der Waals surface area contributed by atoms with Crippen LogP contribution in [0.2, 0.25) is 10.3 Å². The number of nitrogens with zero attached hydrogens (tertiary/aromatic N) is 4. The van der Waals surface area contributed by atoms with Crippen LogP contribution in [0.3, 0.4) is 0 Å². The highest BCUT2D eigenvalue weighted by atomic mass is 35.5. The second-order valence-corrected chi connectivity index (χ2v) is 7.58. The molecule has 0 aliphatic heterocycles. The summed E-state index contributed by atoms with van der Waals surface area (Å²) < 4.78 is 10.6. The molecule has 10 heteroatoms. The molecule has 0 aliphatic rings. The predicted octanol–water partition coefficient (Wildman–Crippen LogP) is 4.80. The third-order valence-electron chi connectivity index (χ3n) is 3.49. The number of fused-ring (bicyclic) bond motifs is 1. The molecule has 4 rings (SSSR count). The van der Waals surface area contributed by atoms with Gasteiger partial charge in [-0.15, -0.1) is 16.4 Å². The Hall–Kier alpha value is -2.13. The lowest BCUT2D eigenvalue weighted by atomic mass is 10.1. The van der Waals surface area contributed by atoms with E-state index >= 15 is 0 Å². The van der Waals surface area contributed by atoms with Crippen LogP contribution < -0.4 is 0 Å². The van der Waals surface area contributed by atoms with Crippen LogP contribution in [0.25, 0.3) is 10.2 Å². The summed E-state index contributed by atoms with van der Waals surface area (Å²) >= 11 is 14.4. The minimum Gasteiger partial charge on any atom is -0.446 e. The van der Waals surface area contributed by atoms with Crippen molar-refractivity contribution in [2.24, 2.45) is 0 Å². The number of ether oxygens (including phenoxy) is 1. The van der Waals surface area contributed by atoms with Gasteiger partial charge in [-0.05, 0) is 29.7 Å². The molecule has 6 nitrogen and oxygen atoms in total. The summed E-state index contributed by atoms with van der Waals surface area (Å²) in [4.78, 5) is 20.8. The Balaban J connectivity index is 1.75. The van der Waals surface area contributed by atoms with Crippen molar-refractivity contribution in [2.75, 3.05) is 0 Å². The Morgan fingerprint density at radius 2 is 2.00 bits per heavy atom. The molecule has 0 aliphatic carbocycles. The molecule has 0 bridgehead atoms. The normalized spacial score (nSPS) is 12.2. The minimum absolute atomic E-state index is 0.115. The maximum Gasteiger partial charge on any atom is 0.339 e. The van der Waals surface area contributed by atoms with Gasteiger partial charge in [-0.3, -0.25) is 0 Å². The number of thiazole rings is 1. The van der Waals surface area contributed by atoms with Gasteiger partial charge in [0.2, 0.25) is 0 Å². The summed E-state index contributed by atoms with van der Waals surface area (Å²) in [5.41, 5.74) is 1.72. The van der Waals surface area contributed by atoms with E-state index in [1.54, 1.807) is 6.20 Å². The summed E-state index contributed by atoms with van der Waals surface area (Å²) in [6, 6.07) is 8.38. The van der Waals surface area contributed by atoms with Crippen molar-refractivity contribution < 1.29 is 9.53 Å². The first-order valence-corrected chi connectivity index (χ1v) is 9.67. The molecule has 0 spiro atoms. The molecule has 0 amide bonds. The highest BCUT2D eigenvalue weighted by Crippen LogP contribution is 2.34. The van der Waals surface area contributed by atoms with Crippen molar-refractivity contribution in [3.8, 4) is 0 Å². The maximum absolute atomic E-state index is 12.7. The van der Waals surface area contributed by atoms with E-state index in [1.807, 2.05) is 23.6 Å². The number of carbonyl (C=O) groups excluding carboxylic acids is 1. The molecule has 1 unspecified atom stereocenters. The molecule has 0 radical (unpaired) electrons. The van der Waals surface area contributed by atoms with Gasteiger partial charge in [0, 0.05) is 17.1 Å². The predicted molar refractivity (Wildman–Crippen MR) is 101 cm³/mol. The summed E-state index contributed by atoms with van der Waals surface area (Å²) in [6.07, 6.45) is 0.964. The lowest BCUT2D eigenvalue weighted by Crippen LogP contribution is -2.13. The number of aromatic nitrogens is 4. The summed E-state index contributed by atoms with van der Waals surface area (Å²) in [7, 11) is 0. The van der Waals surface area contributed by atoms with Gasteiger partial charge >= 0.3 is 5.97 Å². The largest absolute Gasteiger partial charge is 0.446 e. The summed E-state index contributed by atoms with van der Waals surface area (Å²) in [5, 5.41) is 6.77. The van der Waals surface area contributed by atoms with Crippen LogP contribution in [0.15, 0.2) is 41.9 Å². The third kappa shape index (κ3) is 3.41. The van der Waals surface area contributed by atoms with Crippen LogP contribution in [0.1, 0.15) is 27.0 Å². The highest BCUT2D eigenvalue weighted by molar-refractivity contribution is 7.13. The summed E-state index contributed by atoms with van der Waals surface area (Å²) in [6.45, 7) is 0. The summed E-state index contributed by atoms with van der Waals surface area (Å²) in [5.74, 6) is -0.578. The van der Waals surface area contributed by atoms with Crippen molar-refractivity contribution in [1.82, 2.24) is 19.6 Å². The fourth-order valence-corrected chi connectivity index (χ4v) is 4.24. The molecule has 130 valence electrons. The van der Waals surface area contributed by atoms with E-state index in [9.17, 15) is 4.79 Å². The van der Waals surface area contributed by atoms with Gasteiger partial charge < -0.3 is 4.74 Å². The number of halogens is 2. The van der Waals surface area contributed by atoms with Crippen LogP contribution in [-0.4, -0.2) is 25.5 Å². The highest BCUT2D eigenvalue weighted by Gasteiger charge is 2.25. The van der Waals surface area contributed by atoms with E-state index in [1.165, 1.54) is 35.0 Å². The van der Waals surface area contributed by atoms with E-state index in [2.05, 4.69) is 19.6 Å². The number of rotatable bonds is 4. The number of esters is 1. The lowest BCUT2D eigenvalue weighted by molar-refractivity contribution is 0.0380. The van der Waals surface area contributed by atoms with Crippen LogP contribution in [0, 0.1) is 0 Å². The Morgan fingerprint density at radius 3 is 2.73 bits per heavy atom. The van der Waals surface area contributed by atoms with Crippen molar-refractivity contribution in [2.45, 2.75) is 6.10 Å². The maximum atomic E-state index is 12.7. The first kappa shape index (κ1) is 17.3. The van der Waals surface area contributed by atoms with Crippen molar-refractivity contribution in [3.63, 3.8) is 0 Å². The molecule has 0 saturated heterocycles. The average molecular weight is 423 g/mol. The number of hydrogen-bond donors (Lipinski definition) is 0.